The van der Waals surface area contributed by atoms with Crippen LogP contribution in [0.4, 0.5) is 0 Å². The highest BCUT2D eigenvalue weighted by molar-refractivity contribution is 4.96. The minimum atomic E-state index is 0.882. The van der Waals surface area contributed by atoms with Crippen molar-refractivity contribution in [2.45, 2.75) is 57.0 Å². The Balaban J connectivity index is 1.26. The van der Waals surface area contributed by atoms with E-state index in [0.29, 0.717) is 0 Å². The molecule has 86 valence electrons. The molecule has 0 unspecified atom stereocenters. The molecular weight excluding hydrogens is 184 g/mol. The maximum Gasteiger partial charge on any atom is 0.0124 e. The standard InChI is InChI=1S/C13H24N2/c1(8-14-12-6-7-12)9-15-13(10-2-3-10)11-4-5-11/h10-15H,1-9H2. The van der Waals surface area contributed by atoms with Crippen LogP contribution in [0.15, 0.2) is 0 Å². The van der Waals surface area contributed by atoms with Crippen molar-refractivity contribution >= 4 is 0 Å². The first-order valence-corrected chi connectivity index (χ1v) is 6.90. The summed E-state index contributed by atoms with van der Waals surface area (Å²) in [6.07, 6.45) is 10.1. The van der Waals surface area contributed by atoms with Crippen LogP contribution in [0.3, 0.4) is 0 Å². The van der Waals surface area contributed by atoms with E-state index in [1.54, 1.807) is 0 Å². The van der Waals surface area contributed by atoms with Gasteiger partial charge in [0.25, 0.3) is 0 Å². The molecular formula is C13H24N2. The second-order valence-corrected chi connectivity index (χ2v) is 5.74. The average Bonchev–Trinajstić information content (AvgIpc) is 3.12. The molecule has 2 heteroatoms. The van der Waals surface area contributed by atoms with E-state index in [4.69, 9.17) is 0 Å². The Morgan fingerprint density at radius 2 is 1.53 bits per heavy atom. The summed E-state index contributed by atoms with van der Waals surface area (Å²) < 4.78 is 0. The van der Waals surface area contributed by atoms with Gasteiger partial charge >= 0.3 is 0 Å². The lowest BCUT2D eigenvalue weighted by Gasteiger charge is -2.17. The van der Waals surface area contributed by atoms with Gasteiger partial charge in [-0.1, -0.05) is 0 Å². The molecule has 0 bridgehead atoms. The number of nitrogens with one attached hydrogen (secondary N) is 2. The highest BCUT2D eigenvalue weighted by Gasteiger charge is 2.40. The van der Waals surface area contributed by atoms with E-state index in [0.717, 1.165) is 23.9 Å². The van der Waals surface area contributed by atoms with Gasteiger partial charge in [0, 0.05) is 12.1 Å². The SMILES string of the molecule is C(CNC1CC1)CNC(C1CC1)C1CC1. The Bertz CT molecular complexity index is 193. The van der Waals surface area contributed by atoms with Crippen molar-refractivity contribution < 1.29 is 0 Å². The van der Waals surface area contributed by atoms with Crippen molar-refractivity contribution in [2.24, 2.45) is 11.8 Å². The van der Waals surface area contributed by atoms with E-state index in [2.05, 4.69) is 10.6 Å². The Morgan fingerprint density at radius 3 is 2.07 bits per heavy atom. The molecule has 0 heterocycles. The van der Waals surface area contributed by atoms with Gasteiger partial charge in [0.15, 0.2) is 0 Å². The van der Waals surface area contributed by atoms with Crippen molar-refractivity contribution in [3.63, 3.8) is 0 Å². The van der Waals surface area contributed by atoms with Crippen molar-refractivity contribution in [3.8, 4) is 0 Å². The van der Waals surface area contributed by atoms with Crippen LogP contribution < -0.4 is 10.6 Å². The Hall–Kier alpha value is -0.0800. The van der Waals surface area contributed by atoms with Crippen LogP contribution in [-0.2, 0) is 0 Å². The van der Waals surface area contributed by atoms with Crippen molar-refractivity contribution in [3.05, 3.63) is 0 Å². The highest BCUT2D eigenvalue weighted by atomic mass is 15.0. The number of rotatable bonds is 8. The van der Waals surface area contributed by atoms with Gasteiger partial charge in [0.05, 0.1) is 0 Å². The second kappa shape index (κ2) is 4.42. The van der Waals surface area contributed by atoms with Gasteiger partial charge in [-0.25, -0.2) is 0 Å². The summed E-state index contributed by atoms with van der Waals surface area (Å²) in [6.45, 7) is 2.46. The first-order valence-electron chi connectivity index (χ1n) is 6.90. The fourth-order valence-corrected chi connectivity index (χ4v) is 2.58. The zero-order chi connectivity index (χ0) is 10.1. The minimum absolute atomic E-state index is 0.882. The molecule has 0 atom stereocenters. The molecule has 0 saturated heterocycles. The molecule has 3 fully saturated rings. The summed E-state index contributed by atoms with van der Waals surface area (Å²) in [5.74, 6) is 2.10. The van der Waals surface area contributed by atoms with Gasteiger partial charge in [-0.3, -0.25) is 0 Å². The topological polar surface area (TPSA) is 24.1 Å². The fraction of sp³-hybridized carbons (Fsp3) is 1.00. The zero-order valence-electron chi connectivity index (χ0n) is 9.67. The van der Waals surface area contributed by atoms with Crippen LogP contribution in [0, 0.1) is 11.8 Å². The lowest BCUT2D eigenvalue weighted by Crippen LogP contribution is -2.35. The quantitative estimate of drug-likeness (QED) is 0.595. The van der Waals surface area contributed by atoms with Gasteiger partial charge in [-0.05, 0) is 69.9 Å². The van der Waals surface area contributed by atoms with Crippen LogP contribution >= 0.6 is 0 Å². The first-order chi connectivity index (χ1) is 7.43. The molecule has 2 N–H and O–H groups in total. The van der Waals surface area contributed by atoms with Crippen molar-refractivity contribution in [1.82, 2.24) is 10.6 Å². The maximum atomic E-state index is 3.80. The summed E-state index contributed by atoms with van der Waals surface area (Å²) in [5.41, 5.74) is 0. The van der Waals surface area contributed by atoms with Gasteiger partial charge in [-0.2, -0.15) is 0 Å². The van der Waals surface area contributed by atoms with E-state index in [1.807, 2.05) is 0 Å². The maximum absolute atomic E-state index is 3.80. The molecule has 0 spiro atoms. The summed E-state index contributed by atoms with van der Waals surface area (Å²) in [5, 5.41) is 7.38. The lowest BCUT2D eigenvalue weighted by molar-refractivity contribution is 0.411. The van der Waals surface area contributed by atoms with E-state index in [1.165, 1.54) is 58.0 Å². The van der Waals surface area contributed by atoms with E-state index in [9.17, 15) is 0 Å². The van der Waals surface area contributed by atoms with Gasteiger partial charge < -0.3 is 10.6 Å². The third-order valence-corrected chi connectivity index (χ3v) is 4.00. The monoisotopic (exact) mass is 208 g/mol. The summed E-state index contributed by atoms with van der Waals surface area (Å²) in [6, 6.07) is 1.78. The Morgan fingerprint density at radius 1 is 0.867 bits per heavy atom. The van der Waals surface area contributed by atoms with E-state index in [-0.39, 0.29) is 0 Å². The van der Waals surface area contributed by atoms with Crippen LogP contribution in [-0.4, -0.2) is 25.2 Å². The molecule has 3 aliphatic carbocycles. The molecule has 0 amide bonds. The molecule has 3 rings (SSSR count). The Kier molecular flexibility index (Phi) is 2.98. The lowest BCUT2D eigenvalue weighted by atomic mass is 10.1. The fourth-order valence-electron chi connectivity index (χ4n) is 2.58. The molecule has 0 aromatic carbocycles. The molecule has 2 nitrogen and oxygen atoms in total. The molecule has 0 radical (unpaired) electrons. The van der Waals surface area contributed by atoms with Crippen molar-refractivity contribution in [1.29, 1.82) is 0 Å². The van der Waals surface area contributed by atoms with Crippen LogP contribution in [0.5, 0.6) is 0 Å². The average molecular weight is 208 g/mol. The predicted molar refractivity (Wildman–Crippen MR) is 62.9 cm³/mol. The molecule has 3 saturated carbocycles. The molecule has 0 aliphatic heterocycles. The minimum Gasteiger partial charge on any atom is -0.314 e. The molecule has 15 heavy (non-hydrogen) atoms. The Labute approximate surface area is 93.2 Å². The third kappa shape index (κ3) is 3.18. The van der Waals surface area contributed by atoms with Crippen LogP contribution in [0.1, 0.15) is 44.9 Å². The summed E-state index contributed by atoms with van der Waals surface area (Å²) in [4.78, 5) is 0. The smallest absolute Gasteiger partial charge is 0.0124 e. The largest absolute Gasteiger partial charge is 0.314 e. The van der Waals surface area contributed by atoms with Gasteiger partial charge in [0.2, 0.25) is 0 Å². The van der Waals surface area contributed by atoms with Crippen LogP contribution in [0.2, 0.25) is 0 Å². The number of hydrogen-bond donors (Lipinski definition) is 2. The normalized spacial score (nSPS) is 26.2. The molecule has 0 aromatic heterocycles. The molecule has 3 aliphatic rings. The number of hydrogen-bond acceptors (Lipinski definition) is 2. The van der Waals surface area contributed by atoms with Gasteiger partial charge in [-0.15, -0.1) is 0 Å². The van der Waals surface area contributed by atoms with Crippen molar-refractivity contribution in [2.75, 3.05) is 13.1 Å². The summed E-state index contributed by atoms with van der Waals surface area (Å²) >= 11 is 0. The van der Waals surface area contributed by atoms with E-state index >= 15 is 0 Å². The molecule has 0 aromatic rings. The third-order valence-electron chi connectivity index (χ3n) is 4.00. The second-order valence-electron chi connectivity index (χ2n) is 5.74. The van der Waals surface area contributed by atoms with Crippen LogP contribution in [0.25, 0.3) is 0 Å². The highest BCUT2D eigenvalue weighted by Crippen LogP contribution is 2.44. The van der Waals surface area contributed by atoms with Gasteiger partial charge in [0.1, 0.15) is 0 Å². The predicted octanol–water partition coefficient (Wildman–Crippen LogP) is 1.91. The zero-order valence-corrected chi connectivity index (χ0v) is 9.67. The first kappa shape index (κ1) is 10.1. The van der Waals surface area contributed by atoms with E-state index < -0.39 is 0 Å². The summed E-state index contributed by atoms with van der Waals surface area (Å²) in [7, 11) is 0.